The number of carbonyl (C=O) groups is 1. The Morgan fingerprint density at radius 1 is 1.42 bits per heavy atom. The first kappa shape index (κ1) is 15.5. The molecule has 0 aromatic rings. The summed E-state index contributed by atoms with van der Waals surface area (Å²) in [7, 11) is 0. The van der Waals surface area contributed by atoms with E-state index in [2.05, 4.69) is 20.9 Å². The number of piperazine rings is 1. The van der Waals surface area contributed by atoms with Gasteiger partial charge in [0, 0.05) is 52.0 Å². The maximum absolute atomic E-state index is 11.7. The lowest BCUT2D eigenvalue weighted by atomic mass is 10.3. The Morgan fingerprint density at radius 3 is 2.79 bits per heavy atom. The van der Waals surface area contributed by atoms with E-state index in [0.717, 1.165) is 45.7 Å². The zero-order chi connectivity index (χ0) is 13.9. The second kappa shape index (κ2) is 9.36. The summed E-state index contributed by atoms with van der Waals surface area (Å²) >= 11 is 0. The molecule has 6 nitrogen and oxygen atoms in total. The van der Waals surface area contributed by atoms with Gasteiger partial charge in [-0.2, -0.15) is 5.26 Å². The van der Waals surface area contributed by atoms with Crippen molar-refractivity contribution in [1.29, 1.82) is 5.26 Å². The van der Waals surface area contributed by atoms with Gasteiger partial charge in [-0.3, -0.25) is 9.69 Å². The molecule has 0 unspecified atom stereocenters. The van der Waals surface area contributed by atoms with Crippen LogP contribution in [0.25, 0.3) is 0 Å². The first-order valence-corrected chi connectivity index (χ1v) is 6.83. The maximum Gasteiger partial charge on any atom is 0.263 e. The molecule has 0 aromatic heterocycles. The fourth-order valence-corrected chi connectivity index (χ4v) is 1.82. The van der Waals surface area contributed by atoms with Crippen molar-refractivity contribution in [2.45, 2.75) is 13.3 Å². The number of nitrogens with one attached hydrogen (secondary N) is 3. The molecule has 3 N–H and O–H groups in total. The van der Waals surface area contributed by atoms with Crippen molar-refractivity contribution in [1.82, 2.24) is 20.9 Å². The molecule has 0 aliphatic carbocycles. The maximum atomic E-state index is 11.7. The quantitative estimate of drug-likeness (QED) is 0.326. The predicted molar refractivity (Wildman–Crippen MR) is 74.3 cm³/mol. The fraction of sp³-hybridized carbons (Fsp3) is 0.692. The van der Waals surface area contributed by atoms with Crippen LogP contribution in [-0.4, -0.2) is 56.6 Å². The Hall–Kier alpha value is -1.58. The Kier molecular flexibility index (Phi) is 7.63. The van der Waals surface area contributed by atoms with Crippen LogP contribution >= 0.6 is 0 Å². The van der Waals surface area contributed by atoms with Crippen LogP contribution in [-0.2, 0) is 4.79 Å². The third-order valence-electron chi connectivity index (χ3n) is 2.93. The van der Waals surface area contributed by atoms with Crippen LogP contribution in [0, 0.1) is 11.3 Å². The minimum atomic E-state index is -0.304. The molecule has 1 aliphatic heterocycles. The molecule has 0 atom stereocenters. The zero-order valence-electron chi connectivity index (χ0n) is 11.5. The van der Waals surface area contributed by atoms with Gasteiger partial charge in [-0.25, -0.2) is 0 Å². The molecular formula is C13H23N5O. The number of hydrogen-bond acceptors (Lipinski definition) is 5. The minimum Gasteiger partial charge on any atom is -0.390 e. The average molecular weight is 265 g/mol. The SMILES string of the molecule is CCCN/C=C(/C#N)C(=O)NCCN1CCNCC1. The van der Waals surface area contributed by atoms with Crippen LogP contribution in [0.4, 0.5) is 0 Å². The van der Waals surface area contributed by atoms with Gasteiger partial charge in [0.25, 0.3) is 5.91 Å². The predicted octanol–water partition coefficient (Wildman–Crippen LogP) is -0.585. The average Bonchev–Trinajstić information content (AvgIpc) is 2.44. The fourth-order valence-electron chi connectivity index (χ4n) is 1.82. The van der Waals surface area contributed by atoms with E-state index in [4.69, 9.17) is 5.26 Å². The molecular weight excluding hydrogens is 242 g/mol. The standard InChI is InChI=1S/C13H23N5O/c1-2-3-16-11-12(10-14)13(19)17-6-9-18-7-4-15-5-8-18/h11,15-16H,2-9H2,1H3,(H,17,19)/b12-11-. The molecule has 0 spiro atoms. The van der Waals surface area contributed by atoms with E-state index in [0.29, 0.717) is 6.54 Å². The van der Waals surface area contributed by atoms with E-state index < -0.39 is 0 Å². The van der Waals surface area contributed by atoms with E-state index in [9.17, 15) is 4.79 Å². The lowest BCUT2D eigenvalue weighted by molar-refractivity contribution is -0.117. The van der Waals surface area contributed by atoms with Gasteiger partial charge < -0.3 is 16.0 Å². The summed E-state index contributed by atoms with van der Waals surface area (Å²) in [5.41, 5.74) is 0.133. The molecule has 0 aromatic carbocycles. The van der Waals surface area contributed by atoms with Crippen molar-refractivity contribution in [3.63, 3.8) is 0 Å². The van der Waals surface area contributed by atoms with Gasteiger partial charge in [0.05, 0.1) is 0 Å². The summed E-state index contributed by atoms with van der Waals surface area (Å²) in [4.78, 5) is 14.0. The number of hydrogen-bond donors (Lipinski definition) is 3. The minimum absolute atomic E-state index is 0.133. The first-order valence-electron chi connectivity index (χ1n) is 6.83. The molecule has 1 heterocycles. The molecule has 19 heavy (non-hydrogen) atoms. The number of nitrogens with zero attached hydrogens (tertiary/aromatic N) is 2. The van der Waals surface area contributed by atoms with Crippen molar-refractivity contribution in [2.24, 2.45) is 0 Å². The molecule has 0 saturated carbocycles. The molecule has 6 heteroatoms. The summed E-state index contributed by atoms with van der Waals surface area (Å²) in [6.07, 6.45) is 2.45. The second-order valence-electron chi connectivity index (χ2n) is 4.47. The van der Waals surface area contributed by atoms with Crippen molar-refractivity contribution in [3.8, 4) is 6.07 Å². The third-order valence-corrected chi connectivity index (χ3v) is 2.93. The van der Waals surface area contributed by atoms with Crippen molar-refractivity contribution < 1.29 is 4.79 Å². The Balaban J connectivity index is 2.24. The highest BCUT2D eigenvalue weighted by atomic mass is 16.1. The third kappa shape index (κ3) is 6.22. The number of carbonyl (C=O) groups excluding carboxylic acids is 1. The molecule has 0 bridgehead atoms. The molecule has 0 radical (unpaired) electrons. The summed E-state index contributed by atoms with van der Waals surface area (Å²) < 4.78 is 0. The van der Waals surface area contributed by atoms with Crippen LogP contribution < -0.4 is 16.0 Å². The number of amides is 1. The Labute approximate surface area is 114 Å². The van der Waals surface area contributed by atoms with Gasteiger partial charge in [-0.1, -0.05) is 6.92 Å². The van der Waals surface area contributed by atoms with E-state index in [1.54, 1.807) is 0 Å². The van der Waals surface area contributed by atoms with Gasteiger partial charge in [0.15, 0.2) is 0 Å². The van der Waals surface area contributed by atoms with Crippen molar-refractivity contribution in [3.05, 3.63) is 11.8 Å². The van der Waals surface area contributed by atoms with Gasteiger partial charge in [0.1, 0.15) is 11.6 Å². The second-order valence-corrected chi connectivity index (χ2v) is 4.47. The summed E-state index contributed by atoms with van der Waals surface area (Å²) in [6, 6.07) is 1.91. The van der Waals surface area contributed by atoms with Crippen LogP contribution in [0.5, 0.6) is 0 Å². The highest BCUT2D eigenvalue weighted by Crippen LogP contribution is 1.93. The van der Waals surface area contributed by atoms with Gasteiger partial charge >= 0.3 is 0 Å². The van der Waals surface area contributed by atoms with Crippen molar-refractivity contribution >= 4 is 5.91 Å². The molecule has 1 fully saturated rings. The topological polar surface area (TPSA) is 80.2 Å². The Bertz CT molecular complexity index is 341. The van der Waals surface area contributed by atoms with Crippen LogP contribution in [0.1, 0.15) is 13.3 Å². The van der Waals surface area contributed by atoms with Crippen LogP contribution in [0.2, 0.25) is 0 Å². The molecule has 1 rings (SSSR count). The van der Waals surface area contributed by atoms with Gasteiger partial charge in [-0.05, 0) is 6.42 Å². The van der Waals surface area contributed by atoms with Crippen molar-refractivity contribution in [2.75, 3.05) is 45.8 Å². The zero-order valence-corrected chi connectivity index (χ0v) is 11.5. The van der Waals surface area contributed by atoms with Crippen LogP contribution in [0.3, 0.4) is 0 Å². The molecule has 106 valence electrons. The molecule has 1 aliphatic rings. The summed E-state index contributed by atoms with van der Waals surface area (Å²) in [5, 5.41) is 17.9. The molecule has 1 amide bonds. The highest BCUT2D eigenvalue weighted by molar-refractivity contribution is 5.97. The van der Waals surface area contributed by atoms with Gasteiger partial charge in [-0.15, -0.1) is 0 Å². The first-order chi connectivity index (χ1) is 9.27. The van der Waals surface area contributed by atoms with E-state index >= 15 is 0 Å². The monoisotopic (exact) mass is 265 g/mol. The molecule has 1 saturated heterocycles. The largest absolute Gasteiger partial charge is 0.390 e. The summed E-state index contributed by atoms with van der Waals surface area (Å²) in [6.45, 7) is 8.21. The number of nitriles is 1. The van der Waals surface area contributed by atoms with Gasteiger partial charge in [0.2, 0.25) is 0 Å². The lowest BCUT2D eigenvalue weighted by Crippen LogP contribution is -2.46. The van der Waals surface area contributed by atoms with Crippen LogP contribution in [0.15, 0.2) is 11.8 Å². The van der Waals surface area contributed by atoms with E-state index in [1.165, 1.54) is 6.20 Å². The Morgan fingerprint density at radius 2 is 2.16 bits per heavy atom. The van der Waals surface area contributed by atoms with E-state index in [1.807, 2.05) is 13.0 Å². The number of rotatable bonds is 7. The highest BCUT2D eigenvalue weighted by Gasteiger charge is 2.11. The summed E-state index contributed by atoms with van der Waals surface area (Å²) in [5.74, 6) is -0.304. The van der Waals surface area contributed by atoms with E-state index in [-0.39, 0.29) is 11.5 Å². The normalized spacial score (nSPS) is 16.7. The lowest BCUT2D eigenvalue weighted by Gasteiger charge is -2.27. The smallest absolute Gasteiger partial charge is 0.263 e.